The van der Waals surface area contributed by atoms with E-state index in [0.717, 1.165) is 30.6 Å². The number of nitrogens with one attached hydrogen (secondary N) is 1. The SMILES string of the molecule is CC/C(OC)=C(C=C(C)C)/C=C/CCCNF. The van der Waals surface area contributed by atoms with Gasteiger partial charge in [-0.25, -0.2) is 0 Å². The average Bonchev–Trinajstić information content (AvgIpc) is 2.29. The quantitative estimate of drug-likeness (QED) is 0.299. The monoisotopic (exact) mass is 241 g/mol. The minimum atomic E-state index is 0.400. The minimum Gasteiger partial charge on any atom is -0.500 e. The third-order valence-electron chi connectivity index (χ3n) is 2.27. The molecule has 0 aromatic heterocycles. The van der Waals surface area contributed by atoms with E-state index in [1.54, 1.807) is 12.6 Å². The lowest BCUT2D eigenvalue weighted by atomic mass is 10.1. The van der Waals surface area contributed by atoms with Gasteiger partial charge in [-0.15, -0.1) is 4.48 Å². The van der Waals surface area contributed by atoms with Gasteiger partial charge in [-0.2, -0.15) is 5.54 Å². The first-order valence-corrected chi connectivity index (χ1v) is 6.07. The molecule has 0 atom stereocenters. The zero-order chi connectivity index (χ0) is 13.1. The van der Waals surface area contributed by atoms with E-state index in [9.17, 15) is 4.48 Å². The number of unbranched alkanes of at least 4 members (excludes halogenated alkanes) is 1. The molecule has 0 fully saturated rings. The van der Waals surface area contributed by atoms with Crippen LogP contribution in [0.1, 0.15) is 40.0 Å². The molecule has 17 heavy (non-hydrogen) atoms. The first-order valence-electron chi connectivity index (χ1n) is 6.07. The molecule has 0 bridgehead atoms. The van der Waals surface area contributed by atoms with Crippen molar-refractivity contribution in [3.8, 4) is 0 Å². The fraction of sp³-hybridized carbons (Fsp3) is 0.571. The molecule has 0 unspecified atom stereocenters. The van der Waals surface area contributed by atoms with Gasteiger partial charge in [0.2, 0.25) is 0 Å². The molecule has 0 spiro atoms. The van der Waals surface area contributed by atoms with Crippen molar-refractivity contribution in [2.24, 2.45) is 0 Å². The van der Waals surface area contributed by atoms with Crippen molar-refractivity contribution >= 4 is 0 Å². The van der Waals surface area contributed by atoms with Crippen molar-refractivity contribution < 1.29 is 9.22 Å². The first-order chi connectivity index (χ1) is 8.15. The molecule has 0 aliphatic rings. The zero-order valence-electron chi connectivity index (χ0n) is 11.3. The van der Waals surface area contributed by atoms with Gasteiger partial charge in [0.15, 0.2) is 0 Å². The summed E-state index contributed by atoms with van der Waals surface area (Å²) in [4.78, 5) is 0. The summed E-state index contributed by atoms with van der Waals surface area (Å²) in [5, 5.41) is 0. The number of rotatable bonds is 8. The van der Waals surface area contributed by atoms with Crippen LogP contribution in [0, 0.1) is 0 Å². The Morgan fingerprint density at radius 3 is 2.53 bits per heavy atom. The maximum atomic E-state index is 11.7. The van der Waals surface area contributed by atoms with Crippen molar-refractivity contribution in [1.82, 2.24) is 5.54 Å². The molecule has 0 amide bonds. The van der Waals surface area contributed by atoms with Crippen LogP contribution in [0.4, 0.5) is 4.48 Å². The number of hydrogen-bond donors (Lipinski definition) is 1. The molecule has 2 nitrogen and oxygen atoms in total. The lowest BCUT2D eigenvalue weighted by molar-refractivity contribution is 0.278. The maximum Gasteiger partial charge on any atom is 0.102 e. The molecular weight excluding hydrogens is 217 g/mol. The highest BCUT2D eigenvalue weighted by Crippen LogP contribution is 2.15. The summed E-state index contributed by atoms with van der Waals surface area (Å²) in [5.74, 6) is 0.978. The number of halogens is 1. The molecule has 1 N–H and O–H groups in total. The van der Waals surface area contributed by atoms with Crippen molar-refractivity contribution in [1.29, 1.82) is 0 Å². The molecule has 0 aliphatic heterocycles. The van der Waals surface area contributed by atoms with Gasteiger partial charge in [-0.3, -0.25) is 0 Å². The Kier molecular flexibility index (Phi) is 9.44. The Morgan fingerprint density at radius 1 is 1.35 bits per heavy atom. The molecule has 0 saturated heterocycles. The van der Waals surface area contributed by atoms with Crippen LogP contribution >= 0.6 is 0 Å². The van der Waals surface area contributed by atoms with Crippen LogP contribution in [0.25, 0.3) is 0 Å². The molecular formula is C14H24FNO. The Balaban J connectivity index is 4.61. The lowest BCUT2D eigenvalue weighted by Gasteiger charge is -2.07. The van der Waals surface area contributed by atoms with E-state index in [1.807, 2.05) is 6.08 Å². The maximum absolute atomic E-state index is 11.7. The molecule has 0 heterocycles. The molecule has 0 radical (unpaired) electrons. The molecule has 0 aromatic rings. The third-order valence-corrected chi connectivity index (χ3v) is 2.27. The first kappa shape index (κ1) is 15.9. The van der Waals surface area contributed by atoms with Crippen LogP contribution in [-0.2, 0) is 4.74 Å². The van der Waals surface area contributed by atoms with Crippen LogP contribution < -0.4 is 5.54 Å². The number of allylic oxidation sites excluding steroid dienone is 6. The van der Waals surface area contributed by atoms with Crippen molar-refractivity contribution in [3.05, 3.63) is 35.1 Å². The van der Waals surface area contributed by atoms with E-state index in [2.05, 4.69) is 32.9 Å². The fourth-order valence-electron chi connectivity index (χ4n) is 1.50. The molecule has 0 rings (SSSR count). The largest absolute Gasteiger partial charge is 0.500 e. The van der Waals surface area contributed by atoms with Crippen molar-refractivity contribution in [2.45, 2.75) is 40.0 Å². The second kappa shape index (κ2) is 10.1. The predicted octanol–water partition coefficient (Wildman–Crippen LogP) is 4.07. The highest BCUT2D eigenvalue weighted by molar-refractivity contribution is 5.35. The summed E-state index contributed by atoms with van der Waals surface area (Å²) in [7, 11) is 1.69. The van der Waals surface area contributed by atoms with E-state index >= 15 is 0 Å². The Labute approximate surface area is 104 Å². The van der Waals surface area contributed by atoms with E-state index < -0.39 is 0 Å². The van der Waals surface area contributed by atoms with Gasteiger partial charge in [-0.1, -0.05) is 30.7 Å². The molecule has 3 heteroatoms. The normalized spacial score (nSPS) is 12.5. The molecule has 98 valence electrons. The molecule has 0 saturated carbocycles. The Morgan fingerprint density at radius 2 is 2.06 bits per heavy atom. The van der Waals surface area contributed by atoms with Gasteiger partial charge in [0, 0.05) is 18.5 Å². The predicted molar refractivity (Wildman–Crippen MR) is 71.2 cm³/mol. The van der Waals surface area contributed by atoms with Gasteiger partial charge in [0.25, 0.3) is 0 Å². The van der Waals surface area contributed by atoms with Gasteiger partial charge < -0.3 is 4.74 Å². The van der Waals surface area contributed by atoms with Gasteiger partial charge >= 0.3 is 0 Å². The van der Waals surface area contributed by atoms with Crippen LogP contribution in [0.15, 0.2) is 35.1 Å². The van der Waals surface area contributed by atoms with E-state index in [-0.39, 0.29) is 0 Å². The Bertz CT molecular complexity index is 283. The smallest absolute Gasteiger partial charge is 0.102 e. The number of methoxy groups -OCH3 is 1. The van der Waals surface area contributed by atoms with Crippen LogP contribution in [0.5, 0.6) is 0 Å². The number of ether oxygens (including phenoxy) is 1. The number of hydrogen-bond acceptors (Lipinski definition) is 2. The average molecular weight is 241 g/mol. The fourth-order valence-corrected chi connectivity index (χ4v) is 1.50. The van der Waals surface area contributed by atoms with Gasteiger partial charge in [0.05, 0.1) is 7.11 Å². The second-order valence-electron chi connectivity index (χ2n) is 4.09. The standard InChI is InChI=1S/C14H24FNO/c1-5-14(17-4)13(11-12(2)3)9-7-6-8-10-16-15/h7,9,11,16H,5-6,8,10H2,1-4H3/b9-7+,14-13+. The Hall–Kier alpha value is -1.09. The molecule has 0 aliphatic carbocycles. The summed E-state index contributed by atoms with van der Waals surface area (Å²) >= 11 is 0. The van der Waals surface area contributed by atoms with Crippen LogP contribution in [0.3, 0.4) is 0 Å². The van der Waals surface area contributed by atoms with E-state index in [4.69, 9.17) is 4.74 Å². The lowest BCUT2D eigenvalue weighted by Crippen LogP contribution is -2.00. The van der Waals surface area contributed by atoms with Gasteiger partial charge in [0.1, 0.15) is 5.76 Å². The van der Waals surface area contributed by atoms with E-state index in [1.165, 1.54) is 5.57 Å². The summed E-state index contributed by atoms with van der Waals surface area (Å²) in [6.45, 7) is 6.59. The highest BCUT2D eigenvalue weighted by atomic mass is 19.2. The summed E-state index contributed by atoms with van der Waals surface area (Å²) < 4.78 is 17.0. The minimum absolute atomic E-state index is 0.400. The summed E-state index contributed by atoms with van der Waals surface area (Å²) in [6, 6.07) is 0. The zero-order valence-corrected chi connectivity index (χ0v) is 11.3. The topological polar surface area (TPSA) is 21.3 Å². The van der Waals surface area contributed by atoms with Crippen molar-refractivity contribution in [3.63, 3.8) is 0 Å². The summed E-state index contributed by atoms with van der Waals surface area (Å²) in [6.07, 6.45) is 8.73. The van der Waals surface area contributed by atoms with Gasteiger partial charge in [-0.05, 0) is 26.7 Å². The second-order valence-corrected chi connectivity index (χ2v) is 4.09. The van der Waals surface area contributed by atoms with E-state index in [0.29, 0.717) is 6.54 Å². The molecule has 0 aromatic carbocycles. The third kappa shape index (κ3) is 7.75. The highest BCUT2D eigenvalue weighted by Gasteiger charge is 1.99. The van der Waals surface area contributed by atoms with Crippen LogP contribution in [0.2, 0.25) is 0 Å². The van der Waals surface area contributed by atoms with Crippen molar-refractivity contribution in [2.75, 3.05) is 13.7 Å². The summed E-state index contributed by atoms with van der Waals surface area (Å²) in [5.41, 5.74) is 3.99. The van der Waals surface area contributed by atoms with Crippen LogP contribution in [-0.4, -0.2) is 13.7 Å².